The van der Waals surface area contributed by atoms with Gasteiger partial charge in [0, 0.05) is 25.2 Å². The minimum Gasteiger partial charge on any atom is -0.491 e. The van der Waals surface area contributed by atoms with Crippen molar-refractivity contribution in [2.45, 2.75) is 0 Å². The lowest BCUT2D eigenvalue weighted by Gasteiger charge is -2.09. The topological polar surface area (TPSA) is 162 Å². The highest BCUT2D eigenvalue weighted by molar-refractivity contribution is 5.93. The fourth-order valence-corrected chi connectivity index (χ4v) is 4.48. The summed E-state index contributed by atoms with van der Waals surface area (Å²) in [5.41, 5.74) is 2.65. The normalized spacial score (nSPS) is 10.4. The van der Waals surface area contributed by atoms with Crippen molar-refractivity contribution in [3.8, 4) is 28.4 Å². The first kappa shape index (κ1) is 40.2. The van der Waals surface area contributed by atoms with Crippen LogP contribution in [0.5, 0.6) is 17.2 Å². The van der Waals surface area contributed by atoms with Gasteiger partial charge in [0.25, 0.3) is 0 Å². The molecule has 280 valence electrons. The minimum atomic E-state index is -0.591. The minimum absolute atomic E-state index is 0.119. The molecule has 0 spiro atoms. The first-order chi connectivity index (χ1) is 26.2. The number of hydrogen-bond acceptors (Lipinski definition) is 13. The molecule has 4 rings (SSSR count). The molecule has 0 aliphatic carbocycles. The van der Waals surface area contributed by atoms with Crippen LogP contribution in [0.2, 0.25) is 0 Å². The van der Waals surface area contributed by atoms with Gasteiger partial charge in [-0.1, -0.05) is 37.4 Å². The van der Waals surface area contributed by atoms with Crippen molar-refractivity contribution >= 4 is 29.8 Å². The summed E-state index contributed by atoms with van der Waals surface area (Å²) in [5.74, 6) is -1.54. The summed E-state index contributed by atoms with van der Waals surface area (Å²) in [7, 11) is 0. The number of esters is 5. The van der Waals surface area contributed by atoms with Crippen LogP contribution in [-0.4, -0.2) is 82.6 Å². The molecule has 0 aliphatic rings. The van der Waals surface area contributed by atoms with Crippen molar-refractivity contribution in [1.82, 2.24) is 5.32 Å². The zero-order chi connectivity index (χ0) is 38.5. The molecule has 0 radical (unpaired) electrons. The second kappa shape index (κ2) is 21.7. The van der Waals surface area contributed by atoms with Crippen LogP contribution in [0, 0.1) is 0 Å². The summed E-state index contributed by atoms with van der Waals surface area (Å²) in [5, 5.41) is 3.00. The molecule has 13 nitrogen and oxygen atoms in total. The van der Waals surface area contributed by atoms with E-state index in [-0.39, 0.29) is 51.0 Å². The van der Waals surface area contributed by atoms with Gasteiger partial charge in [0.15, 0.2) is 0 Å². The monoisotopic (exact) mass is 737 g/mol. The Balaban J connectivity index is 1.16. The number of carbonyl (C=O) groups is 5. The smallest absolute Gasteiger partial charge is 0.343 e. The predicted molar refractivity (Wildman–Crippen MR) is 196 cm³/mol. The van der Waals surface area contributed by atoms with Crippen LogP contribution in [-0.2, 0) is 28.5 Å². The van der Waals surface area contributed by atoms with Gasteiger partial charge in [-0.3, -0.25) is 0 Å². The van der Waals surface area contributed by atoms with Crippen LogP contribution in [0.15, 0.2) is 122 Å². The van der Waals surface area contributed by atoms with Gasteiger partial charge in [0.1, 0.15) is 43.7 Å². The third-order valence-electron chi connectivity index (χ3n) is 7.25. The molecule has 0 atom stereocenters. The summed E-state index contributed by atoms with van der Waals surface area (Å²) in [4.78, 5) is 59.7. The van der Waals surface area contributed by atoms with Crippen molar-refractivity contribution < 1.29 is 57.1 Å². The summed E-state index contributed by atoms with van der Waals surface area (Å²) in [6, 6.07) is 26.2. The molecule has 0 unspecified atom stereocenters. The van der Waals surface area contributed by atoms with Crippen molar-refractivity contribution in [1.29, 1.82) is 0 Å². The second-order valence-corrected chi connectivity index (χ2v) is 11.0. The van der Waals surface area contributed by atoms with Crippen molar-refractivity contribution in [3.63, 3.8) is 0 Å². The van der Waals surface area contributed by atoms with E-state index in [1.807, 2.05) is 0 Å². The van der Waals surface area contributed by atoms with Gasteiger partial charge in [-0.15, -0.1) is 0 Å². The van der Waals surface area contributed by atoms with E-state index in [9.17, 15) is 24.0 Å². The molecule has 0 amide bonds. The van der Waals surface area contributed by atoms with Crippen LogP contribution in [0.1, 0.15) is 31.1 Å². The molecule has 4 aromatic rings. The Hall–Kier alpha value is -6.57. The Kier molecular flexibility index (Phi) is 16.2. The summed E-state index contributed by atoms with van der Waals surface area (Å²) < 4.78 is 36.8. The van der Waals surface area contributed by atoms with E-state index in [0.29, 0.717) is 35.7 Å². The highest BCUT2D eigenvalue weighted by Crippen LogP contribution is 2.24. The fourth-order valence-electron chi connectivity index (χ4n) is 4.48. The highest BCUT2D eigenvalue weighted by atomic mass is 16.6. The Labute approximate surface area is 312 Å². The van der Waals surface area contributed by atoms with E-state index in [1.165, 1.54) is 24.3 Å². The maximum atomic E-state index is 12.8. The summed E-state index contributed by atoms with van der Waals surface area (Å²) in [6.45, 7) is 8.70. The Morgan fingerprint density at radius 2 is 0.870 bits per heavy atom. The van der Waals surface area contributed by atoms with Gasteiger partial charge in [-0.05, 0) is 83.9 Å². The van der Waals surface area contributed by atoms with Crippen LogP contribution in [0.4, 0.5) is 0 Å². The average Bonchev–Trinajstić information content (AvgIpc) is 3.20. The Bertz CT molecular complexity index is 1870. The lowest BCUT2D eigenvalue weighted by molar-refractivity contribution is -0.139. The van der Waals surface area contributed by atoms with E-state index >= 15 is 0 Å². The second-order valence-electron chi connectivity index (χ2n) is 11.0. The van der Waals surface area contributed by atoms with Crippen LogP contribution in [0.3, 0.4) is 0 Å². The highest BCUT2D eigenvalue weighted by Gasteiger charge is 2.13. The standard InChI is InChI=1S/C41H39NO12/c1-3-37(43)50-23-21-42-22-24-52-39(45)31-7-5-29(6-8-31)30-9-17-35(18-10-30)53-41(47)33-13-19-36(20-14-33)54-40(46)32-11-15-34(16-12-32)49-27-25-48-26-28-51-38(44)4-2/h3-20,42H,1-2,21-28H2. The maximum Gasteiger partial charge on any atom is 0.343 e. The molecule has 13 heteroatoms. The molecule has 0 fully saturated rings. The summed E-state index contributed by atoms with van der Waals surface area (Å²) in [6.07, 6.45) is 2.17. The third-order valence-corrected chi connectivity index (χ3v) is 7.25. The molecule has 54 heavy (non-hydrogen) atoms. The van der Waals surface area contributed by atoms with Gasteiger partial charge in [-0.25, -0.2) is 24.0 Å². The quantitative estimate of drug-likeness (QED) is 0.0381. The van der Waals surface area contributed by atoms with Gasteiger partial charge < -0.3 is 38.5 Å². The molecule has 0 bridgehead atoms. The number of ether oxygens (including phenoxy) is 7. The molecule has 0 saturated carbocycles. The van der Waals surface area contributed by atoms with E-state index in [2.05, 4.69) is 18.5 Å². The van der Waals surface area contributed by atoms with Gasteiger partial charge in [0.05, 0.1) is 29.9 Å². The Morgan fingerprint density at radius 1 is 0.463 bits per heavy atom. The van der Waals surface area contributed by atoms with Crippen LogP contribution in [0.25, 0.3) is 11.1 Å². The molecule has 0 aromatic heterocycles. The van der Waals surface area contributed by atoms with E-state index < -0.39 is 29.8 Å². The zero-order valence-corrected chi connectivity index (χ0v) is 29.4. The number of nitrogens with one attached hydrogen (secondary N) is 1. The van der Waals surface area contributed by atoms with Gasteiger partial charge in [0.2, 0.25) is 0 Å². The van der Waals surface area contributed by atoms with Crippen molar-refractivity contribution in [3.05, 3.63) is 139 Å². The van der Waals surface area contributed by atoms with Gasteiger partial charge >= 0.3 is 29.8 Å². The first-order valence-electron chi connectivity index (χ1n) is 16.8. The summed E-state index contributed by atoms with van der Waals surface area (Å²) >= 11 is 0. The van der Waals surface area contributed by atoms with Crippen molar-refractivity contribution in [2.75, 3.05) is 52.7 Å². The molecular weight excluding hydrogens is 698 g/mol. The lowest BCUT2D eigenvalue weighted by atomic mass is 10.0. The van der Waals surface area contributed by atoms with E-state index in [1.54, 1.807) is 72.8 Å². The number of benzene rings is 4. The number of carbonyl (C=O) groups excluding carboxylic acids is 5. The molecule has 0 heterocycles. The number of hydrogen-bond donors (Lipinski definition) is 1. The third kappa shape index (κ3) is 13.5. The molecule has 0 saturated heterocycles. The SMILES string of the molecule is C=CC(=O)OCCNCCOC(=O)c1ccc(-c2ccc(OC(=O)c3ccc(OC(=O)c4ccc(OCCOCCOC(=O)C=C)cc4)cc3)cc2)cc1. The van der Waals surface area contributed by atoms with Crippen molar-refractivity contribution in [2.24, 2.45) is 0 Å². The zero-order valence-electron chi connectivity index (χ0n) is 29.4. The van der Waals surface area contributed by atoms with E-state index in [0.717, 1.165) is 23.3 Å². The molecule has 1 N–H and O–H groups in total. The molecular formula is C41H39NO12. The Morgan fingerprint density at radius 3 is 1.41 bits per heavy atom. The molecule has 4 aromatic carbocycles. The number of rotatable bonds is 21. The first-order valence-corrected chi connectivity index (χ1v) is 16.8. The lowest BCUT2D eigenvalue weighted by Crippen LogP contribution is -2.25. The maximum absolute atomic E-state index is 12.8. The predicted octanol–water partition coefficient (Wildman–Crippen LogP) is 5.39. The average molecular weight is 738 g/mol. The molecule has 0 aliphatic heterocycles. The van der Waals surface area contributed by atoms with Crippen LogP contribution >= 0.6 is 0 Å². The fraction of sp³-hybridized carbons (Fsp3) is 0.195. The largest absolute Gasteiger partial charge is 0.491 e. The van der Waals surface area contributed by atoms with E-state index in [4.69, 9.17) is 33.2 Å². The van der Waals surface area contributed by atoms with Gasteiger partial charge in [-0.2, -0.15) is 0 Å². The van der Waals surface area contributed by atoms with Crippen LogP contribution < -0.4 is 19.5 Å².